The number of ether oxygens (including phenoxy) is 1. The highest BCUT2D eigenvalue weighted by Crippen LogP contribution is 2.27. The summed E-state index contributed by atoms with van der Waals surface area (Å²) in [5, 5.41) is 2.96. The number of anilines is 2. The summed E-state index contributed by atoms with van der Waals surface area (Å²) in [5.74, 6) is 0. The predicted molar refractivity (Wildman–Crippen MR) is 113 cm³/mol. The third-order valence-corrected chi connectivity index (χ3v) is 6.74. The zero-order valence-corrected chi connectivity index (χ0v) is 18.1. The molecule has 0 spiro atoms. The normalized spacial score (nSPS) is 23.2. The lowest BCUT2D eigenvalue weighted by atomic mass is 10.1. The van der Waals surface area contributed by atoms with Gasteiger partial charge in [-0.05, 0) is 64.8 Å². The van der Waals surface area contributed by atoms with Crippen molar-refractivity contribution in [3.63, 3.8) is 0 Å². The molecule has 2 rings (SSSR count). The van der Waals surface area contributed by atoms with Crippen LogP contribution < -0.4 is 14.9 Å². The van der Waals surface area contributed by atoms with Gasteiger partial charge in [0.05, 0.1) is 11.4 Å². The highest BCUT2D eigenvalue weighted by Gasteiger charge is 2.32. The fourth-order valence-corrected chi connectivity index (χ4v) is 3.93. The van der Waals surface area contributed by atoms with Crippen LogP contribution in [0.5, 0.6) is 0 Å². The molecule has 160 valence electrons. The van der Waals surface area contributed by atoms with E-state index in [1.54, 1.807) is 25.7 Å². The SMILES string of the molecule is CC1CN(c2ccc(NCCCCCNS(=O)(=O)C(C)C)cc2)C(F)[C@@H](C)O1. The average Bonchev–Trinajstić information content (AvgIpc) is 2.64. The van der Waals surface area contributed by atoms with E-state index in [1.165, 1.54) is 0 Å². The number of sulfonamides is 1. The second-order valence-electron chi connectivity index (χ2n) is 7.70. The number of benzene rings is 1. The average molecular weight is 416 g/mol. The van der Waals surface area contributed by atoms with Crippen molar-refractivity contribution in [1.82, 2.24) is 4.72 Å². The number of nitrogens with one attached hydrogen (secondary N) is 2. The van der Waals surface area contributed by atoms with E-state index < -0.39 is 27.7 Å². The Labute approximate surface area is 168 Å². The molecule has 2 N–H and O–H groups in total. The van der Waals surface area contributed by atoms with Crippen LogP contribution in [0.25, 0.3) is 0 Å². The molecular weight excluding hydrogens is 381 g/mol. The minimum atomic E-state index is -3.16. The largest absolute Gasteiger partial charge is 0.385 e. The molecule has 8 heteroatoms. The van der Waals surface area contributed by atoms with Crippen LogP contribution in [0.2, 0.25) is 0 Å². The Kier molecular flexibility index (Phi) is 8.52. The van der Waals surface area contributed by atoms with E-state index in [0.717, 1.165) is 37.2 Å². The van der Waals surface area contributed by atoms with Gasteiger partial charge in [-0.3, -0.25) is 0 Å². The number of rotatable bonds is 10. The summed E-state index contributed by atoms with van der Waals surface area (Å²) in [5.41, 5.74) is 1.85. The lowest BCUT2D eigenvalue weighted by molar-refractivity contribution is -0.0614. The van der Waals surface area contributed by atoms with Gasteiger partial charge in [-0.2, -0.15) is 0 Å². The molecule has 1 aromatic carbocycles. The van der Waals surface area contributed by atoms with Crippen molar-refractivity contribution in [2.24, 2.45) is 0 Å². The Hall–Kier alpha value is -1.38. The standard InChI is InChI=1S/C20H34FN3O3S/c1-15(2)28(25,26)23-13-7-5-6-12-22-18-8-10-19(11-9-18)24-14-16(3)27-17(4)20(24)21/h8-11,15-17,20,22-23H,5-7,12-14H2,1-4H3/t16?,17-,20?/m1/s1. The van der Waals surface area contributed by atoms with E-state index in [4.69, 9.17) is 4.74 Å². The Morgan fingerprint density at radius 3 is 2.43 bits per heavy atom. The van der Waals surface area contributed by atoms with Crippen molar-refractivity contribution in [2.75, 3.05) is 29.9 Å². The van der Waals surface area contributed by atoms with Gasteiger partial charge in [0, 0.05) is 31.0 Å². The number of unbranched alkanes of at least 4 members (excludes halogenated alkanes) is 2. The summed E-state index contributed by atoms with van der Waals surface area (Å²) in [7, 11) is -3.16. The van der Waals surface area contributed by atoms with E-state index in [0.29, 0.717) is 13.1 Å². The molecule has 1 aliphatic rings. The summed E-state index contributed by atoms with van der Waals surface area (Å²) < 4.78 is 45.9. The van der Waals surface area contributed by atoms with Crippen LogP contribution in [0, 0.1) is 0 Å². The maximum absolute atomic E-state index is 14.4. The molecule has 2 unspecified atom stereocenters. The molecule has 1 aromatic rings. The molecule has 0 aromatic heterocycles. The number of hydrogen-bond donors (Lipinski definition) is 2. The molecule has 1 fully saturated rings. The van der Waals surface area contributed by atoms with E-state index in [9.17, 15) is 12.8 Å². The van der Waals surface area contributed by atoms with E-state index in [-0.39, 0.29) is 6.10 Å². The second kappa shape index (κ2) is 10.4. The van der Waals surface area contributed by atoms with Crippen molar-refractivity contribution in [2.45, 2.75) is 70.7 Å². The van der Waals surface area contributed by atoms with Crippen molar-refractivity contribution in [1.29, 1.82) is 0 Å². The van der Waals surface area contributed by atoms with Crippen molar-refractivity contribution >= 4 is 21.4 Å². The fraction of sp³-hybridized carbons (Fsp3) is 0.700. The second-order valence-corrected chi connectivity index (χ2v) is 10.0. The number of hydrogen-bond acceptors (Lipinski definition) is 5. The van der Waals surface area contributed by atoms with Crippen molar-refractivity contribution < 1.29 is 17.5 Å². The molecule has 0 radical (unpaired) electrons. The monoisotopic (exact) mass is 415 g/mol. The van der Waals surface area contributed by atoms with Gasteiger partial charge >= 0.3 is 0 Å². The number of nitrogens with zero attached hydrogens (tertiary/aromatic N) is 1. The summed E-state index contributed by atoms with van der Waals surface area (Å²) >= 11 is 0. The molecule has 6 nitrogen and oxygen atoms in total. The van der Waals surface area contributed by atoms with Gasteiger partial charge in [0.25, 0.3) is 0 Å². The van der Waals surface area contributed by atoms with Crippen LogP contribution in [-0.2, 0) is 14.8 Å². The third-order valence-electron chi connectivity index (χ3n) is 4.89. The topological polar surface area (TPSA) is 70.7 Å². The molecule has 0 aliphatic carbocycles. The Morgan fingerprint density at radius 1 is 1.14 bits per heavy atom. The molecular formula is C20H34FN3O3S. The first kappa shape index (κ1) is 22.9. The van der Waals surface area contributed by atoms with Gasteiger partial charge in [0.2, 0.25) is 10.0 Å². The Bertz CT molecular complexity index is 697. The molecule has 3 atom stereocenters. The summed E-state index contributed by atoms with van der Waals surface area (Å²) in [6.07, 6.45) is 1.15. The van der Waals surface area contributed by atoms with Gasteiger partial charge < -0.3 is 15.0 Å². The Balaban J connectivity index is 1.69. The lowest BCUT2D eigenvalue weighted by Gasteiger charge is -2.39. The first-order valence-electron chi connectivity index (χ1n) is 10.1. The number of alkyl halides is 1. The number of morpholine rings is 1. The van der Waals surface area contributed by atoms with E-state index >= 15 is 0 Å². The smallest absolute Gasteiger partial charge is 0.213 e. The molecule has 0 saturated carbocycles. The van der Waals surface area contributed by atoms with Crippen molar-refractivity contribution in [3.05, 3.63) is 24.3 Å². The van der Waals surface area contributed by atoms with Crippen LogP contribution >= 0.6 is 0 Å². The quantitative estimate of drug-likeness (QED) is 0.452. The highest BCUT2D eigenvalue weighted by atomic mass is 32.2. The van der Waals surface area contributed by atoms with Crippen LogP contribution in [-0.4, -0.2) is 51.8 Å². The van der Waals surface area contributed by atoms with Gasteiger partial charge in [0.1, 0.15) is 6.10 Å². The lowest BCUT2D eigenvalue weighted by Crippen LogP contribution is -2.51. The zero-order valence-electron chi connectivity index (χ0n) is 17.3. The maximum Gasteiger partial charge on any atom is 0.213 e. The zero-order chi connectivity index (χ0) is 20.7. The Morgan fingerprint density at radius 2 is 1.79 bits per heavy atom. The van der Waals surface area contributed by atoms with Crippen molar-refractivity contribution in [3.8, 4) is 0 Å². The molecule has 28 heavy (non-hydrogen) atoms. The summed E-state index contributed by atoms with van der Waals surface area (Å²) in [4.78, 5) is 1.75. The molecule has 0 amide bonds. The van der Waals surface area contributed by atoms with Crippen LogP contribution in [0.4, 0.5) is 15.8 Å². The number of halogens is 1. The van der Waals surface area contributed by atoms with Gasteiger partial charge in [0.15, 0.2) is 6.30 Å². The van der Waals surface area contributed by atoms with Crippen LogP contribution in [0.15, 0.2) is 24.3 Å². The summed E-state index contributed by atoms with van der Waals surface area (Å²) in [6.45, 7) is 8.90. The van der Waals surface area contributed by atoms with Gasteiger partial charge in [-0.1, -0.05) is 6.42 Å². The molecule has 1 heterocycles. The third kappa shape index (κ3) is 6.60. The maximum atomic E-state index is 14.4. The molecule has 1 aliphatic heterocycles. The van der Waals surface area contributed by atoms with Gasteiger partial charge in [-0.15, -0.1) is 0 Å². The van der Waals surface area contributed by atoms with Crippen LogP contribution in [0.3, 0.4) is 0 Å². The summed E-state index contributed by atoms with van der Waals surface area (Å²) in [6, 6.07) is 7.79. The molecule has 1 saturated heterocycles. The molecule has 0 bridgehead atoms. The first-order valence-corrected chi connectivity index (χ1v) is 11.6. The fourth-order valence-electron chi connectivity index (χ4n) is 3.16. The van der Waals surface area contributed by atoms with Crippen LogP contribution in [0.1, 0.15) is 47.0 Å². The van der Waals surface area contributed by atoms with Gasteiger partial charge in [-0.25, -0.2) is 17.5 Å². The van der Waals surface area contributed by atoms with E-state index in [2.05, 4.69) is 10.0 Å². The predicted octanol–water partition coefficient (Wildman–Crippen LogP) is 3.51. The highest BCUT2D eigenvalue weighted by molar-refractivity contribution is 7.90. The minimum Gasteiger partial charge on any atom is -0.385 e. The first-order chi connectivity index (χ1) is 13.2. The minimum absolute atomic E-state index is 0.00446. The van der Waals surface area contributed by atoms with E-state index in [1.807, 2.05) is 31.2 Å².